The molecule has 1 heterocycles. The Morgan fingerprint density at radius 2 is 2.39 bits per heavy atom. The van der Waals surface area contributed by atoms with Gasteiger partial charge in [0.2, 0.25) is 0 Å². The second-order valence-corrected chi connectivity index (χ2v) is 3.60. The molecule has 4 heteroatoms. The number of carbonyl (C=O) groups excluding carboxylic acids is 1. The first-order valence-electron chi connectivity index (χ1n) is 5.63. The average molecular weight is 243 g/mol. The molecule has 1 aromatic heterocycles. The number of amides is 1. The molecule has 0 atom stereocenters. The van der Waals surface area contributed by atoms with E-state index in [9.17, 15) is 4.79 Å². The van der Waals surface area contributed by atoms with Crippen molar-refractivity contribution in [2.45, 2.75) is 6.92 Å². The van der Waals surface area contributed by atoms with Crippen LogP contribution in [0.4, 0.5) is 0 Å². The normalized spacial score (nSPS) is 10.0. The van der Waals surface area contributed by atoms with E-state index in [1.807, 2.05) is 19.1 Å². The van der Waals surface area contributed by atoms with Crippen LogP contribution in [0, 0.1) is 12.3 Å². The van der Waals surface area contributed by atoms with Gasteiger partial charge in [0.25, 0.3) is 5.91 Å². The number of rotatable bonds is 4. The van der Waals surface area contributed by atoms with E-state index in [0.717, 1.165) is 5.39 Å². The Morgan fingerprint density at radius 3 is 3.11 bits per heavy atom. The standard InChI is InChI=1S/C14H13NO3/c1-3-8-15-14(16)12-9-10-6-5-7-11(17-4-2)13(10)18-12/h1,5-7,9H,4,8H2,2H3,(H,15,16). The van der Waals surface area contributed by atoms with Gasteiger partial charge in [-0.3, -0.25) is 4.79 Å². The van der Waals surface area contributed by atoms with Gasteiger partial charge in [-0.2, -0.15) is 0 Å². The zero-order chi connectivity index (χ0) is 13.0. The van der Waals surface area contributed by atoms with Gasteiger partial charge in [-0.15, -0.1) is 6.42 Å². The summed E-state index contributed by atoms with van der Waals surface area (Å²) in [6, 6.07) is 7.19. The molecule has 2 aromatic rings. The largest absolute Gasteiger partial charge is 0.490 e. The van der Waals surface area contributed by atoms with Gasteiger partial charge in [0.05, 0.1) is 13.2 Å². The van der Waals surface area contributed by atoms with Crippen LogP contribution in [0.15, 0.2) is 28.7 Å². The summed E-state index contributed by atoms with van der Waals surface area (Å²) in [6.45, 7) is 2.61. The summed E-state index contributed by atoms with van der Waals surface area (Å²) in [7, 11) is 0. The number of fused-ring (bicyclic) bond motifs is 1. The quantitative estimate of drug-likeness (QED) is 0.837. The van der Waals surface area contributed by atoms with Crippen LogP contribution >= 0.6 is 0 Å². The molecular formula is C14H13NO3. The molecule has 2 rings (SSSR count). The molecule has 0 fully saturated rings. The first-order chi connectivity index (χ1) is 8.76. The van der Waals surface area contributed by atoms with Crippen molar-refractivity contribution in [1.82, 2.24) is 5.32 Å². The number of ether oxygens (including phenoxy) is 1. The Balaban J connectivity index is 2.35. The molecule has 0 aliphatic rings. The SMILES string of the molecule is C#CCNC(=O)c1cc2cccc(OCC)c2o1. The van der Waals surface area contributed by atoms with E-state index >= 15 is 0 Å². The molecule has 92 valence electrons. The second-order valence-electron chi connectivity index (χ2n) is 3.60. The van der Waals surface area contributed by atoms with Crippen molar-refractivity contribution in [1.29, 1.82) is 0 Å². The van der Waals surface area contributed by atoms with Crippen LogP contribution in [0.3, 0.4) is 0 Å². The molecule has 0 saturated heterocycles. The predicted molar refractivity (Wildman–Crippen MR) is 68.5 cm³/mol. The molecule has 1 amide bonds. The van der Waals surface area contributed by atoms with Gasteiger partial charge >= 0.3 is 0 Å². The highest BCUT2D eigenvalue weighted by molar-refractivity contribution is 5.97. The average Bonchev–Trinajstić information content (AvgIpc) is 2.81. The Labute approximate surface area is 105 Å². The van der Waals surface area contributed by atoms with Crippen molar-refractivity contribution < 1.29 is 13.9 Å². The van der Waals surface area contributed by atoms with Crippen molar-refractivity contribution >= 4 is 16.9 Å². The zero-order valence-corrected chi connectivity index (χ0v) is 10.0. The fraction of sp³-hybridized carbons (Fsp3) is 0.214. The molecule has 4 nitrogen and oxygen atoms in total. The van der Waals surface area contributed by atoms with Gasteiger partial charge < -0.3 is 14.5 Å². The number of hydrogen-bond donors (Lipinski definition) is 1. The molecule has 0 bridgehead atoms. The Bertz CT molecular complexity index is 607. The molecule has 0 saturated carbocycles. The number of furan rings is 1. The van der Waals surface area contributed by atoms with Crippen LogP contribution in [-0.2, 0) is 0 Å². The minimum Gasteiger partial charge on any atom is -0.490 e. The summed E-state index contributed by atoms with van der Waals surface area (Å²) in [5.41, 5.74) is 0.574. The van der Waals surface area contributed by atoms with Gasteiger partial charge in [0.1, 0.15) is 0 Å². The monoisotopic (exact) mass is 243 g/mol. The number of benzene rings is 1. The van der Waals surface area contributed by atoms with E-state index in [2.05, 4.69) is 11.2 Å². The van der Waals surface area contributed by atoms with Crippen LogP contribution in [0.25, 0.3) is 11.0 Å². The van der Waals surface area contributed by atoms with E-state index in [4.69, 9.17) is 15.6 Å². The van der Waals surface area contributed by atoms with Gasteiger partial charge in [-0.25, -0.2) is 0 Å². The minimum atomic E-state index is -0.327. The van der Waals surface area contributed by atoms with Crippen LogP contribution in [0.1, 0.15) is 17.5 Å². The van der Waals surface area contributed by atoms with Crippen LogP contribution in [0.2, 0.25) is 0 Å². The topological polar surface area (TPSA) is 51.5 Å². The first kappa shape index (κ1) is 12.1. The molecular weight excluding hydrogens is 230 g/mol. The third-order valence-electron chi connectivity index (χ3n) is 2.38. The van der Waals surface area contributed by atoms with Crippen LogP contribution < -0.4 is 10.1 Å². The smallest absolute Gasteiger partial charge is 0.287 e. The van der Waals surface area contributed by atoms with Gasteiger partial charge in [0.15, 0.2) is 17.1 Å². The van der Waals surface area contributed by atoms with E-state index < -0.39 is 0 Å². The lowest BCUT2D eigenvalue weighted by atomic mass is 10.2. The van der Waals surface area contributed by atoms with Crippen molar-refractivity contribution in [2.24, 2.45) is 0 Å². The lowest BCUT2D eigenvalue weighted by Crippen LogP contribution is -2.22. The third-order valence-corrected chi connectivity index (χ3v) is 2.38. The molecule has 0 radical (unpaired) electrons. The van der Waals surface area contributed by atoms with E-state index in [0.29, 0.717) is 17.9 Å². The highest BCUT2D eigenvalue weighted by Gasteiger charge is 2.14. The van der Waals surface area contributed by atoms with Gasteiger partial charge in [-0.1, -0.05) is 18.1 Å². The molecule has 0 aliphatic carbocycles. The first-order valence-corrected chi connectivity index (χ1v) is 5.63. The number of para-hydroxylation sites is 1. The summed E-state index contributed by atoms with van der Waals surface area (Å²) in [6.07, 6.45) is 5.08. The second kappa shape index (κ2) is 5.28. The Hall–Kier alpha value is -2.41. The number of terminal acetylenes is 1. The lowest BCUT2D eigenvalue weighted by molar-refractivity contribution is 0.0933. The highest BCUT2D eigenvalue weighted by Crippen LogP contribution is 2.28. The van der Waals surface area contributed by atoms with Gasteiger partial charge in [-0.05, 0) is 19.1 Å². The van der Waals surface area contributed by atoms with E-state index in [1.165, 1.54) is 0 Å². The molecule has 0 spiro atoms. The Morgan fingerprint density at radius 1 is 1.56 bits per heavy atom. The summed E-state index contributed by atoms with van der Waals surface area (Å²) in [4.78, 5) is 11.7. The highest BCUT2D eigenvalue weighted by atomic mass is 16.5. The predicted octanol–water partition coefficient (Wildman–Crippen LogP) is 2.19. The van der Waals surface area contributed by atoms with E-state index in [1.54, 1.807) is 12.1 Å². The molecule has 0 unspecified atom stereocenters. The molecule has 1 N–H and O–H groups in total. The van der Waals surface area contributed by atoms with Crippen molar-refractivity contribution in [3.8, 4) is 18.1 Å². The maximum atomic E-state index is 11.7. The van der Waals surface area contributed by atoms with Crippen LogP contribution in [0.5, 0.6) is 5.75 Å². The molecule has 18 heavy (non-hydrogen) atoms. The number of carbonyl (C=O) groups is 1. The summed E-state index contributed by atoms with van der Waals surface area (Å²) in [5.74, 6) is 2.87. The van der Waals surface area contributed by atoms with E-state index in [-0.39, 0.29) is 18.2 Å². The zero-order valence-electron chi connectivity index (χ0n) is 10.0. The van der Waals surface area contributed by atoms with Gasteiger partial charge in [0, 0.05) is 5.39 Å². The van der Waals surface area contributed by atoms with Crippen LogP contribution in [-0.4, -0.2) is 19.1 Å². The summed E-state index contributed by atoms with van der Waals surface area (Å²) < 4.78 is 10.9. The maximum absolute atomic E-state index is 11.7. The number of hydrogen-bond acceptors (Lipinski definition) is 3. The summed E-state index contributed by atoms with van der Waals surface area (Å²) >= 11 is 0. The van der Waals surface area contributed by atoms with Crippen molar-refractivity contribution in [2.75, 3.05) is 13.2 Å². The fourth-order valence-electron chi connectivity index (χ4n) is 1.64. The molecule has 1 aromatic carbocycles. The third kappa shape index (κ3) is 2.30. The molecule has 0 aliphatic heterocycles. The Kier molecular flexibility index (Phi) is 3.54. The van der Waals surface area contributed by atoms with Crippen molar-refractivity contribution in [3.05, 3.63) is 30.0 Å². The maximum Gasteiger partial charge on any atom is 0.287 e. The minimum absolute atomic E-state index is 0.175. The number of nitrogens with one attached hydrogen (secondary N) is 1. The lowest BCUT2D eigenvalue weighted by Gasteiger charge is -2.02. The summed E-state index contributed by atoms with van der Waals surface area (Å²) in [5, 5.41) is 3.38. The van der Waals surface area contributed by atoms with Crippen molar-refractivity contribution in [3.63, 3.8) is 0 Å². The fourth-order valence-corrected chi connectivity index (χ4v) is 1.64.